The van der Waals surface area contributed by atoms with Crippen LogP contribution in [0.3, 0.4) is 0 Å². The normalized spacial score (nSPS) is 20.4. The summed E-state index contributed by atoms with van der Waals surface area (Å²) < 4.78 is 5.51. The van der Waals surface area contributed by atoms with Crippen LogP contribution in [0.5, 0.6) is 5.75 Å². The van der Waals surface area contributed by atoms with Crippen molar-refractivity contribution in [3.63, 3.8) is 0 Å². The number of aryl methyl sites for hydroxylation is 1. The number of para-hydroxylation sites is 2. The van der Waals surface area contributed by atoms with Gasteiger partial charge in [-0.05, 0) is 37.0 Å². The van der Waals surface area contributed by atoms with Crippen LogP contribution in [0.4, 0.5) is 5.69 Å². The Kier molecular flexibility index (Phi) is 5.17. The van der Waals surface area contributed by atoms with Gasteiger partial charge in [0.05, 0.1) is 12.8 Å². The molecule has 0 aromatic heterocycles. The monoisotopic (exact) mass is 364 g/mol. The zero-order valence-electron chi connectivity index (χ0n) is 16.3. The van der Waals surface area contributed by atoms with Gasteiger partial charge in [0, 0.05) is 44.7 Å². The van der Waals surface area contributed by atoms with Crippen molar-refractivity contribution in [2.75, 3.05) is 44.7 Å². The van der Waals surface area contributed by atoms with E-state index in [-0.39, 0.29) is 0 Å². The molecule has 1 heterocycles. The van der Waals surface area contributed by atoms with E-state index >= 15 is 0 Å². The van der Waals surface area contributed by atoms with E-state index in [4.69, 9.17) is 4.74 Å². The van der Waals surface area contributed by atoms with Gasteiger partial charge in [-0.3, -0.25) is 9.69 Å². The van der Waals surface area contributed by atoms with Crippen molar-refractivity contribution in [1.82, 2.24) is 4.90 Å². The van der Waals surface area contributed by atoms with Gasteiger partial charge in [0.1, 0.15) is 5.75 Å². The number of Topliss-reactive ketones (excluding diaryl/α,β-unsaturated/α-hetero) is 1. The Morgan fingerprint density at radius 2 is 1.81 bits per heavy atom. The van der Waals surface area contributed by atoms with Gasteiger partial charge in [0.25, 0.3) is 0 Å². The molecular formula is C23H28N2O2. The molecule has 1 aliphatic heterocycles. The number of fused-ring (bicyclic) bond motifs is 1. The number of ether oxygens (including phenoxy) is 1. The highest BCUT2D eigenvalue weighted by molar-refractivity contribution is 5.98. The van der Waals surface area contributed by atoms with Crippen molar-refractivity contribution in [3.8, 4) is 5.75 Å². The molecule has 1 saturated heterocycles. The minimum absolute atomic E-state index is 0.314. The molecule has 0 bridgehead atoms. The summed E-state index contributed by atoms with van der Waals surface area (Å²) >= 11 is 0. The molecule has 0 N–H and O–H groups in total. The fourth-order valence-corrected chi connectivity index (χ4v) is 4.48. The molecular weight excluding hydrogens is 336 g/mol. The second-order valence-electron chi connectivity index (χ2n) is 7.82. The van der Waals surface area contributed by atoms with Crippen LogP contribution < -0.4 is 9.64 Å². The standard InChI is InChI=1S/C23H28N2O2/c1-17-7-8-20-19(13-17)14-18(15-22(20)26)16-24-9-11-25(12-10-24)21-5-3-4-6-23(21)27-2/h3-8,13,18H,9-12,14-16H2,1-2H3. The molecule has 4 rings (SSSR count). The Balaban J connectivity index is 1.36. The molecule has 0 saturated carbocycles. The van der Waals surface area contributed by atoms with Crippen molar-refractivity contribution in [2.45, 2.75) is 19.8 Å². The SMILES string of the molecule is COc1ccccc1N1CCN(CC2CC(=O)c3ccc(C)cc3C2)CC1. The number of anilines is 1. The van der Waals surface area contributed by atoms with E-state index in [1.165, 1.54) is 16.8 Å². The second kappa shape index (κ2) is 7.73. The first-order valence-corrected chi connectivity index (χ1v) is 9.87. The van der Waals surface area contributed by atoms with Crippen LogP contribution in [-0.2, 0) is 6.42 Å². The maximum atomic E-state index is 12.5. The molecule has 1 unspecified atom stereocenters. The fraction of sp³-hybridized carbons (Fsp3) is 0.435. The molecule has 2 aliphatic rings. The quantitative estimate of drug-likeness (QED) is 0.830. The van der Waals surface area contributed by atoms with Gasteiger partial charge < -0.3 is 9.64 Å². The third-order valence-electron chi connectivity index (χ3n) is 5.86. The predicted molar refractivity (Wildman–Crippen MR) is 109 cm³/mol. The summed E-state index contributed by atoms with van der Waals surface area (Å²) in [5.41, 5.74) is 4.60. The van der Waals surface area contributed by atoms with E-state index in [9.17, 15) is 4.79 Å². The molecule has 0 radical (unpaired) electrons. The van der Waals surface area contributed by atoms with Crippen molar-refractivity contribution >= 4 is 11.5 Å². The van der Waals surface area contributed by atoms with Gasteiger partial charge >= 0.3 is 0 Å². The molecule has 27 heavy (non-hydrogen) atoms. The minimum atomic E-state index is 0.314. The van der Waals surface area contributed by atoms with Crippen LogP contribution in [-0.4, -0.2) is 50.5 Å². The Morgan fingerprint density at radius 1 is 1.04 bits per heavy atom. The van der Waals surface area contributed by atoms with Gasteiger partial charge in [-0.2, -0.15) is 0 Å². The lowest BCUT2D eigenvalue weighted by Gasteiger charge is -2.38. The first-order valence-electron chi connectivity index (χ1n) is 9.87. The van der Waals surface area contributed by atoms with Crippen LogP contribution in [0.1, 0.15) is 27.9 Å². The zero-order chi connectivity index (χ0) is 18.8. The van der Waals surface area contributed by atoms with Crippen LogP contribution in [0.15, 0.2) is 42.5 Å². The topological polar surface area (TPSA) is 32.8 Å². The summed E-state index contributed by atoms with van der Waals surface area (Å²) in [6.45, 7) is 7.17. The van der Waals surface area contributed by atoms with E-state index in [0.29, 0.717) is 18.1 Å². The van der Waals surface area contributed by atoms with Gasteiger partial charge in [0.2, 0.25) is 0 Å². The van der Waals surface area contributed by atoms with Crippen molar-refractivity contribution in [1.29, 1.82) is 0 Å². The number of carbonyl (C=O) groups excluding carboxylic acids is 1. The molecule has 1 fully saturated rings. The summed E-state index contributed by atoms with van der Waals surface area (Å²) in [4.78, 5) is 17.4. The highest BCUT2D eigenvalue weighted by Gasteiger charge is 2.28. The summed E-state index contributed by atoms with van der Waals surface area (Å²) in [5, 5.41) is 0. The number of rotatable bonds is 4. The molecule has 2 aromatic rings. The lowest BCUT2D eigenvalue weighted by Crippen LogP contribution is -2.48. The number of hydrogen-bond acceptors (Lipinski definition) is 4. The maximum Gasteiger partial charge on any atom is 0.163 e. The van der Waals surface area contributed by atoms with E-state index < -0.39 is 0 Å². The number of hydrogen-bond donors (Lipinski definition) is 0. The lowest BCUT2D eigenvalue weighted by molar-refractivity contribution is 0.0928. The van der Waals surface area contributed by atoms with Crippen LogP contribution in [0.2, 0.25) is 0 Å². The van der Waals surface area contributed by atoms with Gasteiger partial charge in [-0.15, -0.1) is 0 Å². The predicted octanol–water partition coefficient (Wildman–Crippen LogP) is 3.57. The van der Waals surface area contributed by atoms with Crippen molar-refractivity contribution < 1.29 is 9.53 Å². The average Bonchev–Trinajstić information content (AvgIpc) is 2.68. The molecule has 2 aromatic carbocycles. The van der Waals surface area contributed by atoms with Crippen molar-refractivity contribution in [2.24, 2.45) is 5.92 Å². The second-order valence-corrected chi connectivity index (χ2v) is 7.82. The number of carbonyl (C=O) groups is 1. The number of nitrogens with zero attached hydrogens (tertiary/aromatic N) is 2. The third kappa shape index (κ3) is 3.86. The van der Waals surface area contributed by atoms with E-state index in [1.807, 2.05) is 24.3 Å². The van der Waals surface area contributed by atoms with Gasteiger partial charge in [0.15, 0.2) is 5.78 Å². The van der Waals surface area contributed by atoms with Crippen LogP contribution in [0.25, 0.3) is 0 Å². The Hall–Kier alpha value is -2.33. The van der Waals surface area contributed by atoms with Crippen molar-refractivity contribution in [3.05, 3.63) is 59.2 Å². The van der Waals surface area contributed by atoms with Crippen LogP contribution >= 0.6 is 0 Å². The summed E-state index contributed by atoms with van der Waals surface area (Å²) in [5.74, 6) is 1.69. The summed E-state index contributed by atoms with van der Waals surface area (Å²) in [7, 11) is 1.73. The minimum Gasteiger partial charge on any atom is -0.495 e. The number of piperazine rings is 1. The van der Waals surface area contributed by atoms with E-state index in [2.05, 4.69) is 34.9 Å². The Morgan fingerprint density at radius 3 is 2.59 bits per heavy atom. The smallest absolute Gasteiger partial charge is 0.163 e. The molecule has 0 spiro atoms. The fourth-order valence-electron chi connectivity index (χ4n) is 4.48. The van der Waals surface area contributed by atoms with Gasteiger partial charge in [-0.1, -0.05) is 35.9 Å². The number of methoxy groups -OCH3 is 1. The van der Waals surface area contributed by atoms with E-state index in [0.717, 1.165) is 50.5 Å². The number of ketones is 1. The lowest BCUT2D eigenvalue weighted by atomic mass is 9.82. The number of benzene rings is 2. The van der Waals surface area contributed by atoms with E-state index in [1.54, 1.807) is 7.11 Å². The molecule has 4 heteroatoms. The first kappa shape index (κ1) is 18.1. The summed E-state index contributed by atoms with van der Waals surface area (Å²) in [6, 6.07) is 14.5. The molecule has 1 aliphatic carbocycles. The third-order valence-corrected chi connectivity index (χ3v) is 5.86. The van der Waals surface area contributed by atoms with Gasteiger partial charge in [-0.25, -0.2) is 0 Å². The highest BCUT2D eigenvalue weighted by Crippen LogP contribution is 2.30. The molecule has 4 nitrogen and oxygen atoms in total. The molecule has 1 atom stereocenters. The largest absolute Gasteiger partial charge is 0.495 e. The average molecular weight is 364 g/mol. The summed E-state index contributed by atoms with van der Waals surface area (Å²) in [6.07, 6.45) is 1.71. The highest BCUT2D eigenvalue weighted by atomic mass is 16.5. The van der Waals surface area contributed by atoms with Crippen LogP contribution in [0, 0.1) is 12.8 Å². The maximum absolute atomic E-state index is 12.5. The Bertz CT molecular complexity index is 825. The zero-order valence-corrected chi connectivity index (χ0v) is 16.3. The Labute approximate surface area is 161 Å². The molecule has 142 valence electrons. The molecule has 0 amide bonds. The first-order chi connectivity index (χ1) is 13.1.